The van der Waals surface area contributed by atoms with Gasteiger partial charge in [-0.25, -0.2) is 9.78 Å². The minimum Gasteiger partial charge on any atom is -0.489 e. The Kier molecular flexibility index (Phi) is 6.22. The molecule has 1 aliphatic heterocycles. The van der Waals surface area contributed by atoms with E-state index in [1.54, 1.807) is 7.05 Å². The Bertz CT molecular complexity index is 920. The molecule has 1 aliphatic rings. The van der Waals surface area contributed by atoms with Crippen molar-refractivity contribution in [3.63, 3.8) is 0 Å². The van der Waals surface area contributed by atoms with Gasteiger partial charge in [-0.3, -0.25) is 9.36 Å². The van der Waals surface area contributed by atoms with E-state index in [-0.39, 0.29) is 17.5 Å². The summed E-state index contributed by atoms with van der Waals surface area (Å²) in [5.74, 6) is -0.885. The number of carbonyl (C=O) groups is 1. The first-order valence-corrected chi connectivity index (χ1v) is 9.69. The molecule has 1 aromatic heterocycles. The van der Waals surface area contributed by atoms with Gasteiger partial charge in [0.05, 0.1) is 13.2 Å². The van der Waals surface area contributed by atoms with Crippen LogP contribution in [0.25, 0.3) is 0 Å². The maximum atomic E-state index is 12.7. The molecular formula is C21H28N4O4. The van der Waals surface area contributed by atoms with Crippen LogP contribution in [0.2, 0.25) is 0 Å². The molecule has 0 aliphatic carbocycles. The van der Waals surface area contributed by atoms with Crippen LogP contribution in [0.3, 0.4) is 0 Å². The fourth-order valence-electron chi connectivity index (χ4n) is 4.15. The number of likely N-dealkylation sites (tertiary alicyclic amines) is 1. The highest BCUT2D eigenvalue weighted by atomic mass is 16.5. The summed E-state index contributed by atoms with van der Waals surface area (Å²) < 4.78 is 6.38. The standard InChI is InChI=1S/C21H28N4O4/c1-23-12-10-15(11-13-23)17(14-8-6-5-7-9-14)24(2)21-22-16(20(27)28)18(29-4)19(26)25(21)3/h5-9,15,17H,10-13H2,1-4H3,(H,27,28). The minimum absolute atomic E-state index is 0.0296. The van der Waals surface area contributed by atoms with Gasteiger partial charge >= 0.3 is 5.97 Å². The molecule has 0 bridgehead atoms. The van der Waals surface area contributed by atoms with Crippen LogP contribution < -0.4 is 15.2 Å². The van der Waals surface area contributed by atoms with Crippen LogP contribution >= 0.6 is 0 Å². The van der Waals surface area contributed by atoms with E-state index in [2.05, 4.69) is 29.1 Å². The smallest absolute Gasteiger partial charge is 0.358 e. The number of nitrogens with zero attached hydrogens (tertiary/aromatic N) is 4. The number of aromatic nitrogens is 2. The second-order valence-corrected chi connectivity index (χ2v) is 7.57. The van der Waals surface area contributed by atoms with Crippen molar-refractivity contribution in [1.82, 2.24) is 14.5 Å². The van der Waals surface area contributed by atoms with Crippen LogP contribution in [0, 0.1) is 5.92 Å². The van der Waals surface area contributed by atoms with Gasteiger partial charge in [0.2, 0.25) is 11.7 Å². The first-order valence-electron chi connectivity index (χ1n) is 9.69. The van der Waals surface area contributed by atoms with Gasteiger partial charge in [0.25, 0.3) is 5.56 Å². The lowest BCUT2D eigenvalue weighted by molar-refractivity contribution is 0.0685. The molecule has 1 saturated heterocycles. The topological polar surface area (TPSA) is 87.9 Å². The Labute approximate surface area is 170 Å². The van der Waals surface area contributed by atoms with E-state index in [0.717, 1.165) is 31.5 Å². The molecule has 1 unspecified atom stereocenters. The molecule has 0 amide bonds. The van der Waals surface area contributed by atoms with Gasteiger partial charge in [0, 0.05) is 14.1 Å². The molecule has 156 valence electrons. The van der Waals surface area contributed by atoms with Gasteiger partial charge in [0.1, 0.15) is 0 Å². The van der Waals surface area contributed by atoms with Crippen molar-refractivity contribution < 1.29 is 14.6 Å². The predicted molar refractivity (Wildman–Crippen MR) is 111 cm³/mol. The molecule has 1 fully saturated rings. The summed E-state index contributed by atoms with van der Waals surface area (Å²) in [5.41, 5.74) is 0.232. The summed E-state index contributed by atoms with van der Waals surface area (Å²) in [5, 5.41) is 9.54. The molecule has 1 atom stereocenters. The summed E-state index contributed by atoms with van der Waals surface area (Å²) in [7, 11) is 6.85. The maximum Gasteiger partial charge on any atom is 0.358 e. The summed E-state index contributed by atoms with van der Waals surface area (Å²) in [6.45, 7) is 1.99. The third-order valence-corrected chi connectivity index (χ3v) is 5.72. The number of carboxylic acids is 1. The maximum absolute atomic E-state index is 12.7. The average Bonchev–Trinajstić information content (AvgIpc) is 2.72. The Morgan fingerprint density at radius 2 is 1.86 bits per heavy atom. The molecule has 0 radical (unpaired) electrons. The lowest BCUT2D eigenvalue weighted by Gasteiger charge is -2.40. The van der Waals surface area contributed by atoms with E-state index in [4.69, 9.17) is 4.74 Å². The van der Waals surface area contributed by atoms with Gasteiger partial charge in [-0.05, 0) is 44.5 Å². The predicted octanol–water partition coefficient (Wildman–Crippen LogP) is 2.01. The van der Waals surface area contributed by atoms with Crippen molar-refractivity contribution in [1.29, 1.82) is 0 Å². The summed E-state index contributed by atoms with van der Waals surface area (Å²) in [4.78, 5) is 33.0. The van der Waals surface area contributed by atoms with Gasteiger partial charge < -0.3 is 19.6 Å². The van der Waals surface area contributed by atoms with Gasteiger partial charge in [-0.1, -0.05) is 30.3 Å². The van der Waals surface area contributed by atoms with Crippen molar-refractivity contribution >= 4 is 11.9 Å². The highest BCUT2D eigenvalue weighted by Crippen LogP contribution is 2.36. The Morgan fingerprint density at radius 1 is 1.24 bits per heavy atom. The van der Waals surface area contributed by atoms with Gasteiger partial charge in [0.15, 0.2) is 5.69 Å². The Morgan fingerprint density at radius 3 is 2.41 bits per heavy atom. The molecule has 8 nitrogen and oxygen atoms in total. The first kappa shape index (κ1) is 20.9. The first-order chi connectivity index (χ1) is 13.8. The van der Waals surface area contributed by atoms with Crippen molar-refractivity contribution in [2.75, 3.05) is 39.2 Å². The molecule has 3 rings (SSSR count). The van der Waals surface area contributed by atoms with E-state index in [9.17, 15) is 14.7 Å². The van der Waals surface area contributed by atoms with Gasteiger partial charge in [-0.15, -0.1) is 0 Å². The molecule has 2 heterocycles. The Balaban J connectivity index is 2.10. The number of benzene rings is 1. The molecule has 29 heavy (non-hydrogen) atoms. The van der Waals surface area contributed by atoms with Crippen molar-refractivity contribution in [3.05, 3.63) is 51.9 Å². The summed E-state index contributed by atoms with van der Waals surface area (Å²) >= 11 is 0. The number of anilines is 1. The van der Waals surface area contributed by atoms with Crippen molar-refractivity contribution in [2.45, 2.75) is 18.9 Å². The van der Waals surface area contributed by atoms with Crippen molar-refractivity contribution in [3.8, 4) is 5.75 Å². The lowest BCUT2D eigenvalue weighted by Crippen LogP contribution is -2.40. The Hall–Kier alpha value is -2.87. The van der Waals surface area contributed by atoms with Crippen LogP contribution in [-0.2, 0) is 7.05 Å². The molecule has 0 spiro atoms. The fraction of sp³-hybridized carbons (Fsp3) is 0.476. The van der Waals surface area contributed by atoms with E-state index in [1.807, 2.05) is 30.1 Å². The minimum atomic E-state index is -1.29. The third kappa shape index (κ3) is 4.12. The second-order valence-electron chi connectivity index (χ2n) is 7.57. The molecule has 1 N–H and O–H groups in total. The average molecular weight is 400 g/mol. The normalized spacial score (nSPS) is 16.4. The molecular weight excluding hydrogens is 372 g/mol. The summed E-state index contributed by atoms with van der Waals surface area (Å²) in [6.07, 6.45) is 2.02. The van der Waals surface area contributed by atoms with Crippen LogP contribution in [0.1, 0.15) is 34.9 Å². The number of ether oxygens (including phenoxy) is 1. The number of hydrogen-bond donors (Lipinski definition) is 1. The molecule has 1 aromatic carbocycles. The molecule has 8 heteroatoms. The van der Waals surface area contributed by atoms with Gasteiger partial charge in [-0.2, -0.15) is 0 Å². The molecule has 2 aromatic rings. The zero-order valence-corrected chi connectivity index (χ0v) is 17.3. The lowest BCUT2D eigenvalue weighted by atomic mass is 9.84. The number of hydrogen-bond acceptors (Lipinski definition) is 6. The quantitative estimate of drug-likeness (QED) is 0.793. The summed E-state index contributed by atoms with van der Waals surface area (Å²) in [6, 6.07) is 10.1. The third-order valence-electron chi connectivity index (χ3n) is 5.72. The number of carboxylic acid groups (broad SMARTS) is 1. The zero-order chi connectivity index (χ0) is 21.1. The van der Waals surface area contributed by atoms with Crippen LogP contribution in [0.4, 0.5) is 5.95 Å². The number of rotatable bonds is 6. The van der Waals surface area contributed by atoms with Crippen LogP contribution in [0.5, 0.6) is 5.75 Å². The van der Waals surface area contributed by atoms with Crippen molar-refractivity contribution in [2.24, 2.45) is 13.0 Å². The largest absolute Gasteiger partial charge is 0.489 e. The SMILES string of the molecule is COc1c(C(=O)O)nc(N(C)C(c2ccccc2)C2CCN(C)CC2)n(C)c1=O. The number of piperidine rings is 1. The van der Waals surface area contributed by atoms with E-state index in [1.165, 1.54) is 11.7 Å². The highest BCUT2D eigenvalue weighted by Gasteiger charge is 2.32. The van der Waals surface area contributed by atoms with E-state index < -0.39 is 11.5 Å². The van der Waals surface area contributed by atoms with Crippen LogP contribution in [-0.4, -0.2) is 59.8 Å². The number of methoxy groups -OCH3 is 1. The van der Waals surface area contributed by atoms with E-state index in [0.29, 0.717) is 11.9 Å². The monoisotopic (exact) mass is 400 g/mol. The zero-order valence-electron chi connectivity index (χ0n) is 17.3. The fourth-order valence-corrected chi connectivity index (χ4v) is 4.15. The van der Waals surface area contributed by atoms with Crippen LogP contribution in [0.15, 0.2) is 35.1 Å². The highest BCUT2D eigenvalue weighted by molar-refractivity contribution is 5.88. The second kappa shape index (κ2) is 8.65. The molecule has 0 saturated carbocycles. The number of aromatic carboxylic acids is 1. The van der Waals surface area contributed by atoms with E-state index >= 15 is 0 Å².